The molecule has 0 saturated carbocycles. The van der Waals surface area contributed by atoms with Crippen LogP contribution in [0.15, 0.2) is 67.0 Å². The van der Waals surface area contributed by atoms with Crippen LogP contribution in [0.5, 0.6) is 0 Å². The second kappa shape index (κ2) is 9.39. The Hall–Kier alpha value is -3.12. The first-order chi connectivity index (χ1) is 13.9. The second-order valence-electron chi connectivity index (χ2n) is 6.89. The number of amides is 2. The van der Waals surface area contributed by atoms with Gasteiger partial charge in [-0.25, -0.2) is 0 Å². The van der Waals surface area contributed by atoms with Crippen molar-refractivity contribution in [1.82, 2.24) is 20.0 Å². The summed E-state index contributed by atoms with van der Waals surface area (Å²) in [5.74, 6) is -0.394. The van der Waals surface area contributed by atoms with E-state index in [0.29, 0.717) is 17.1 Å². The zero-order chi connectivity index (χ0) is 20.8. The first-order valence-corrected chi connectivity index (χ1v) is 9.63. The Balaban J connectivity index is 1.74. The number of hydrogen-bond donors (Lipinski definition) is 1. The lowest BCUT2D eigenvalue weighted by Crippen LogP contribution is -2.34. The first kappa shape index (κ1) is 20.6. The van der Waals surface area contributed by atoms with Crippen molar-refractivity contribution in [2.24, 2.45) is 7.05 Å². The maximum atomic E-state index is 12.8. The van der Waals surface area contributed by atoms with Crippen molar-refractivity contribution in [2.45, 2.75) is 19.0 Å². The normalized spacial score (nSPS) is 11.7. The molecule has 0 aliphatic rings. The predicted octanol–water partition coefficient (Wildman–Crippen LogP) is 3.59. The molecule has 1 N–H and O–H groups in total. The molecule has 0 aliphatic heterocycles. The Bertz CT molecular complexity index is 987. The van der Waals surface area contributed by atoms with Crippen LogP contribution in [-0.2, 0) is 18.4 Å². The molecule has 0 saturated heterocycles. The molecule has 0 fully saturated rings. The molecule has 0 spiro atoms. The summed E-state index contributed by atoms with van der Waals surface area (Å²) in [7, 11) is 3.58. The summed E-state index contributed by atoms with van der Waals surface area (Å²) in [6.45, 7) is 0.451. The van der Waals surface area contributed by atoms with Gasteiger partial charge in [0.1, 0.15) is 0 Å². The van der Waals surface area contributed by atoms with Gasteiger partial charge in [-0.05, 0) is 17.7 Å². The highest BCUT2D eigenvalue weighted by Crippen LogP contribution is 2.21. The molecule has 3 aromatic rings. The van der Waals surface area contributed by atoms with E-state index in [-0.39, 0.29) is 18.2 Å². The van der Waals surface area contributed by atoms with Gasteiger partial charge in [0.2, 0.25) is 5.91 Å². The van der Waals surface area contributed by atoms with E-state index in [9.17, 15) is 9.59 Å². The van der Waals surface area contributed by atoms with Crippen LogP contribution in [-0.4, -0.2) is 33.5 Å². The van der Waals surface area contributed by atoms with Gasteiger partial charge in [-0.3, -0.25) is 14.3 Å². The van der Waals surface area contributed by atoms with E-state index in [1.165, 1.54) is 0 Å². The number of nitrogens with one attached hydrogen (secondary N) is 1. The standard InChI is InChI=1S/C22H23ClN4O2/c1-26(14-16-13-24-27(2)15-16)21(28)12-20(17-8-4-3-5-9-17)25-22(29)18-10-6-7-11-19(18)23/h3-11,13,15,20H,12,14H2,1-2H3,(H,25,29). The van der Waals surface area contributed by atoms with Crippen molar-refractivity contribution >= 4 is 23.4 Å². The Morgan fingerprint density at radius 3 is 2.48 bits per heavy atom. The van der Waals surface area contributed by atoms with Gasteiger partial charge in [0.15, 0.2) is 0 Å². The third kappa shape index (κ3) is 5.45. The van der Waals surface area contributed by atoms with Gasteiger partial charge in [-0.15, -0.1) is 0 Å². The molecule has 3 rings (SSSR count). The fraction of sp³-hybridized carbons (Fsp3) is 0.227. The molecule has 2 aromatic carbocycles. The van der Waals surface area contributed by atoms with Crippen molar-refractivity contribution < 1.29 is 9.59 Å². The largest absolute Gasteiger partial charge is 0.345 e. The molecule has 1 aromatic heterocycles. The minimum Gasteiger partial charge on any atom is -0.345 e. The monoisotopic (exact) mass is 410 g/mol. The van der Waals surface area contributed by atoms with Gasteiger partial charge in [0.05, 0.1) is 29.2 Å². The number of halogens is 1. The molecule has 0 aliphatic carbocycles. The van der Waals surface area contributed by atoms with E-state index in [2.05, 4.69) is 10.4 Å². The van der Waals surface area contributed by atoms with Crippen LogP contribution in [0.1, 0.15) is 33.9 Å². The fourth-order valence-corrected chi connectivity index (χ4v) is 3.29. The number of nitrogens with zero attached hydrogens (tertiary/aromatic N) is 3. The van der Waals surface area contributed by atoms with Crippen LogP contribution in [0.4, 0.5) is 0 Å². The van der Waals surface area contributed by atoms with Gasteiger partial charge in [0.25, 0.3) is 5.91 Å². The van der Waals surface area contributed by atoms with Gasteiger partial charge in [-0.2, -0.15) is 5.10 Å². The summed E-state index contributed by atoms with van der Waals surface area (Å²) in [5.41, 5.74) is 2.18. The van der Waals surface area contributed by atoms with E-state index >= 15 is 0 Å². The quantitative estimate of drug-likeness (QED) is 0.647. The summed E-state index contributed by atoms with van der Waals surface area (Å²) in [5, 5.41) is 7.46. The third-order valence-corrected chi connectivity index (χ3v) is 4.94. The van der Waals surface area contributed by atoms with E-state index in [1.807, 2.05) is 43.6 Å². The average Bonchev–Trinajstić information content (AvgIpc) is 3.12. The number of benzene rings is 2. The Kier molecular flexibility index (Phi) is 6.67. The number of aryl methyl sites for hydroxylation is 1. The summed E-state index contributed by atoms with van der Waals surface area (Å²) < 4.78 is 1.70. The summed E-state index contributed by atoms with van der Waals surface area (Å²) >= 11 is 6.15. The second-order valence-corrected chi connectivity index (χ2v) is 7.30. The molecule has 1 atom stereocenters. The molecule has 150 valence electrons. The fourth-order valence-electron chi connectivity index (χ4n) is 3.06. The number of carbonyl (C=O) groups excluding carboxylic acids is 2. The summed E-state index contributed by atoms with van der Waals surface area (Å²) in [6.07, 6.45) is 3.74. The summed E-state index contributed by atoms with van der Waals surface area (Å²) in [6, 6.07) is 15.8. The Labute approximate surface area is 175 Å². The highest BCUT2D eigenvalue weighted by molar-refractivity contribution is 6.33. The average molecular weight is 411 g/mol. The van der Waals surface area contributed by atoms with Gasteiger partial charge >= 0.3 is 0 Å². The van der Waals surface area contributed by atoms with Crippen LogP contribution >= 0.6 is 11.6 Å². The molecule has 2 amide bonds. The van der Waals surface area contributed by atoms with Crippen LogP contribution in [0.3, 0.4) is 0 Å². The van der Waals surface area contributed by atoms with E-state index in [0.717, 1.165) is 11.1 Å². The first-order valence-electron chi connectivity index (χ1n) is 9.26. The predicted molar refractivity (Wildman–Crippen MR) is 112 cm³/mol. The van der Waals surface area contributed by atoms with Crippen LogP contribution in [0.2, 0.25) is 5.02 Å². The molecule has 0 bridgehead atoms. The smallest absolute Gasteiger partial charge is 0.253 e. The van der Waals surface area contributed by atoms with E-state index < -0.39 is 6.04 Å². The molecular formula is C22H23ClN4O2. The van der Waals surface area contributed by atoms with Crippen LogP contribution in [0, 0.1) is 0 Å². The molecule has 1 unspecified atom stereocenters. The highest BCUT2D eigenvalue weighted by atomic mass is 35.5. The lowest BCUT2D eigenvalue weighted by molar-refractivity contribution is -0.130. The molecular weight excluding hydrogens is 388 g/mol. The van der Waals surface area contributed by atoms with Crippen molar-refractivity contribution in [1.29, 1.82) is 0 Å². The number of carbonyl (C=O) groups is 2. The van der Waals surface area contributed by atoms with Gasteiger partial charge in [0, 0.05) is 32.4 Å². The Morgan fingerprint density at radius 2 is 1.83 bits per heavy atom. The molecule has 1 heterocycles. The molecule has 0 radical (unpaired) electrons. The third-order valence-electron chi connectivity index (χ3n) is 4.61. The maximum absolute atomic E-state index is 12.8. The molecule has 29 heavy (non-hydrogen) atoms. The van der Waals surface area contributed by atoms with Crippen LogP contribution < -0.4 is 5.32 Å². The highest BCUT2D eigenvalue weighted by Gasteiger charge is 2.22. The Morgan fingerprint density at radius 1 is 1.14 bits per heavy atom. The van der Waals surface area contributed by atoms with Gasteiger partial charge in [-0.1, -0.05) is 54.1 Å². The van der Waals surface area contributed by atoms with Crippen molar-refractivity contribution in [2.75, 3.05) is 7.05 Å². The number of aromatic nitrogens is 2. The van der Waals surface area contributed by atoms with Gasteiger partial charge < -0.3 is 10.2 Å². The minimum atomic E-state index is -0.469. The lowest BCUT2D eigenvalue weighted by Gasteiger charge is -2.23. The lowest BCUT2D eigenvalue weighted by atomic mass is 10.0. The topological polar surface area (TPSA) is 67.2 Å². The van der Waals surface area contributed by atoms with Crippen molar-refractivity contribution in [3.05, 3.63) is 88.7 Å². The number of rotatable bonds is 7. The van der Waals surface area contributed by atoms with Crippen molar-refractivity contribution in [3.8, 4) is 0 Å². The zero-order valence-electron chi connectivity index (χ0n) is 16.4. The molecule has 6 nitrogen and oxygen atoms in total. The maximum Gasteiger partial charge on any atom is 0.253 e. The molecule has 7 heteroatoms. The zero-order valence-corrected chi connectivity index (χ0v) is 17.1. The van der Waals surface area contributed by atoms with E-state index in [4.69, 9.17) is 11.6 Å². The number of hydrogen-bond acceptors (Lipinski definition) is 3. The summed E-state index contributed by atoms with van der Waals surface area (Å²) in [4.78, 5) is 27.2. The van der Waals surface area contributed by atoms with E-state index in [1.54, 1.807) is 47.1 Å². The van der Waals surface area contributed by atoms with Crippen molar-refractivity contribution in [3.63, 3.8) is 0 Å². The minimum absolute atomic E-state index is 0.0813. The SMILES string of the molecule is CN(Cc1cnn(C)c1)C(=O)CC(NC(=O)c1ccccc1Cl)c1ccccc1. The van der Waals surface area contributed by atoms with Crippen LogP contribution in [0.25, 0.3) is 0 Å².